The molecule has 0 aliphatic carbocycles. The zero-order valence-electron chi connectivity index (χ0n) is 18.3. The molecule has 0 amide bonds. The van der Waals surface area contributed by atoms with Crippen LogP contribution in [0.2, 0.25) is 0 Å². The lowest BCUT2D eigenvalue weighted by molar-refractivity contribution is 0.0729. The first kappa shape index (κ1) is 21.8. The van der Waals surface area contributed by atoms with Gasteiger partial charge in [0.2, 0.25) is 0 Å². The van der Waals surface area contributed by atoms with E-state index >= 15 is 0 Å². The fraction of sp³-hybridized carbons (Fsp3) is 0.120. The third-order valence-corrected chi connectivity index (χ3v) is 4.95. The van der Waals surface area contributed by atoms with Crippen molar-refractivity contribution in [2.24, 2.45) is 5.10 Å². The number of aryl methyl sites for hydroxylation is 1. The van der Waals surface area contributed by atoms with Crippen LogP contribution in [0.4, 0.5) is 0 Å². The Kier molecular flexibility index (Phi) is 6.17. The molecule has 0 aliphatic rings. The van der Waals surface area contributed by atoms with Gasteiger partial charge >= 0.3 is 5.97 Å². The van der Waals surface area contributed by atoms with Crippen molar-refractivity contribution in [1.29, 1.82) is 0 Å². The van der Waals surface area contributed by atoms with Crippen LogP contribution in [-0.2, 0) is 0 Å². The number of aromatic nitrogens is 2. The van der Waals surface area contributed by atoms with Crippen LogP contribution < -0.4 is 19.8 Å². The number of carbonyl (C=O) groups is 1. The average molecular weight is 443 g/mol. The van der Waals surface area contributed by atoms with E-state index in [1.807, 2.05) is 6.07 Å². The number of para-hydroxylation sites is 1. The fourth-order valence-electron chi connectivity index (χ4n) is 3.23. The van der Waals surface area contributed by atoms with E-state index in [0.29, 0.717) is 39.4 Å². The van der Waals surface area contributed by atoms with Gasteiger partial charge in [-0.2, -0.15) is 9.78 Å². The summed E-state index contributed by atoms with van der Waals surface area (Å²) in [7, 11) is 3.03. The van der Waals surface area contributed by atoms with Gasteiger partial charge in [-0.25, -0.2) is 9.78 Å². The smallest absolute Gasteiger partial charge is 0.343 e. The first-order valence-corrected chi connectivity index (χ1v) is 10.1. The normalized spacial score (nSPS) is 11.0. The van der Waals surface area contributed by atoms with Crippen molar-refractivity contribution >= 4 is 23.1 Å². The van der Waals surface area contributed by atoms with Crippen molar-refractivity contribution in [3.63, 3.8) is 0 Å². The number of rotatable bonds is 6. The number of benzene rings is 3. The molecule has 8 nitrogen and oxygen atoms in total. The molecule has 0 radical (unpaired) electrons. The summed E-state index contributed by atoms with van der Waals surface area (Å²) < 4.78 is 17.2. The lowest BCUT2D eigenvalue weighted by Crippen LogP contribution is -2.20. The Bertz CT molecular complexity index is 1410. The van der Waals surface area contributed by atoms with E-state index in [4.69, 9.17) is 14.2 Å². The van der Waals surface area contributed by atoms with Gasteiger partial charge in [-0.05, 0) is 67.1 Å². The Hall–Kier alpha value is -4.46. The van der Waals surface area contributed by atoms with Gasteiger partial charge in [-0.1, -0.05) is 12.1 Å². The zero-order chi connectivity index (χ0) is 23.4. The molecule has 0 saturated carbocycles. The molecule has 0 N–H and O–H groups in total. The maximum absolute atomic E-state index is 12.8. The Balaban J connectivity index is 1.58. The first-order chi connectivity index (χ1) is 16.0. The number of nitrogens with zero attached hydrogens (tertiary/aromatic N) is 3. The van der Waals surface area contributed by atoms with Crippen molar-refractivity contribution < 1.29 is 19.0 Å². The van der Waals surface area contributed by atoms with Gasteiger partial charge in [0.25, 0.3) is 5.56 Å². The van der Waals surface area contributed by atoms with E-state index in [9.17, 15) is 9.59 Å². The van der Waals surface area contributed by atoms with Crippen molar-refractivity contribution in [3.8, 4) is 17.2 Å². The zero-order valence-corrected chi connectivity index (χ0v) is 18.3. The molecule has 166 valence electrons. The minimum absolute atomic E-state index is 0.258. The predicted octanol–water partition coefficient (Wildman–Crippen LogP) is 3.82. The minimum Gasteiger partial charge on any atom is -0.497 e. The third-order valence-electron chi connectivity index (χ3n) is 4.95. The molecule has 8 heteroatoms. The summed E-state index contributed by atoms with van der Waals surface area (Å²) in [6, 6.07) is 18.7. The molecule has 0 bridgehead atoms. The number of fused-ring (bicyclic) bond motifs is 1. The Labute approximate surface area is 189 Å². The summed E-state index contributed by atoms with van der Waals surface area (Å²) in [5, 5.41) is 4.78. The summed E-state index contributed by atoms with van der Waals surface area (Å²) in [5.41, 5.74) is 1.39. The van der Waals surface area contributed by atoms with Gasteiger partial charge in [0.1, 0.15) is 11.6 Å². The van der Waals surface area contributed by atoms with Crippen molar-refractivity contribution in [2.45, 2.75) is 6.92 Å². The largest absolute Gasteiger partial charge is 0.497 e. The molecule has 3 aromatic carbocycles. The van der Waals surface area contributed by atoms with Crippen molar-refractivity contribution in [2.75, 3.05) is 14.2 Å². The summed E-state index contributed by atoms with van der Waals surface area (Å²) in [6.07, 6.45) is 1.52. The standard InChI is InChI=1S/C25H21N3O5/c1-16-27-21-7-5-4-6-20(21)24(29)28(16)26-15-17-8-13-22(23(14-17)32-3)33-25(30)18-9-11-19(31-2)12-10-18/h4-15H,1-3H3. The highest BCUT2D eigenvalue weighted by Crippen LogP contribution is 2.28. The van der Waals surface area contributed by atoms with Crippen LogP contribution in [0.1, 0.15) is 21.7 Å². The lowest BCUT2D eigenvalue weighted by atomic mass is 10.2. The van der Waals surface area contributed by atoms with Gasteiger partial charge in [-0.3, -0.25) is 4.79 Å². The minimum atomic E-state index is -0.526. The third kappa shape index (κ3) is 4.59. The second kappa shape index (κ2) is 9.35. The van der Waals surface area contributed by atoms with E-state index in [1.54, 1.807) is 74.7 Å². The van der Waals surface area contributed by atoms with E-state index in [2.05, 4.69) is 10.1 Å². The van der Waals surface area contributed by atoms with E-state index in [1.165, 1.54) is 18.0 Å². The Morgan fingerprint density at radius 3 is 2.45 bits per heavy atom. The van der Waals surface area contributed by atoms with Crippen LogP contribution in [0.5, 0.6) is 17.2 Å². The summed E-state index contributed by atoms with van der Waals surface area (Å²) in [5.74, 6) is 1.19. The molecular formula is C25H21N3O5. The van der Waals surface area contributed by atoms with Gasteiger partial charge < -0.3 is 14.2 Å². The number of carbonyl (C=O) groups excluding carboxylic acids is 1. The summed E-state index contributed by atoms with van der Waals surface area (Å²) in [6.45, 7) is 1.72. The second-order valence-electron chi connectivity index (χ2n) is 7.07. The molecular weight excluding hydrogens is 422 g/mol. The average Bonchev–Trinajstić information content (AvgIpc) is 2.84. The molecule has 0 atom stereocenters. The predicted molar refractivity (Wildman–Crippen MR) is 125 cm³/mol. The van der Waals surface area contributed by atoms with Crippen LogP contribution in [-0.4, -0.2) is 36.1 Å². The number of esters is 1. The fourth-order valence-corrected chi connectivity index (χ4v) is 3.23. The monoisotopic (exact) mass is 443 g/mol. The molecule has 1 aromatic heterocycles. The maximum atomic E-state index is 12.8. The first-order valence-electron chi connectivity index (χ1n) is 10.1. The van der Waals surface area contributed by atoms with Gasteiger partial charge in [-0.15, -0.1) is 0 Å². The topological polar surface area (TPSA) is 92.0 Å². The van der Waals surface area contributed by atoms with Crippen molar-refractivity contribution in [1.82, 2.24) is 9.66 Å². The molecule has 1 heterocycles. The number of methoxy groups -OCH3 is 2. The SMILES string of the molecule is COc1ccc(C(=O)Oc2ccc(C=Nn3c(C)nc4ccccc4c3=O)cc2OC)cc1. The van der Waals surface area contributed by atoms with Gasteiger partial charge in [0.15, 0.2) is 11.5 Å². The molecule has 4 rings (SSSR count). The molecule has 0 unspecified atom stereocenters. The highest BCUT2D eigenvalue weighted by Gasteiger charge is 2.13. The van der Waals surface area contributed by atoms with E-state index < -0.39 is 5.97 Å². The summed E-state index contributed by atoms with van der Waals surface area (Å²) in [4.78, 5) is 29.7. The van der Waals surface area contributed by atoms with E-state index in [0.717, 1.165) is 0 Å². The number of hydrogen-bond acceptors (Lipinski definition) is 7. The van der Waals surface area contributed by atoms with Gasteiger partial charge in [0, 0.05) is 0 Å². The maximum Gasteiger partial charge on any atom is 0.343 e. The van der Waals surface area contributed by atoms with Crippen LogP contribution in [0, 0.1) is 6.92 Å². The quantitative estimate of drug-likeness (QED) is 0.256. The molecule has 0 aliphatic heterocycles. The van der Waals surface area contributed by atoms with Crippen LogP contribution in [0.15, 0.2) is 76.6 Å². The van der Waals surface area contributed by atoms with Crippen LogP contribution >= 0.6 is 0 Å². The molecule has 0 saturated heterocycles. The Morgan fingerprint density at radius 2 is 1.73 bits per heavy atom. The number of hydrogen-bond donors (Lipinski definition) is 0. The molecule has 4 aromatic rings. The van der Waals surface area contributed by atoms with Crippen LogP contribution in [0.25, 0.3) is 10.9 Å². The van der Waals surface area contributed by atoms with Gasteiger partial charge in [0.05, 0.1) is 36.9 Å². The summed E-state index contributed by atoms with van der Waals surface area (Å²) >= 11 is 0. The second-order valence-corrected chi connectivity index (χ2v) is 7.07. The molecule has 33 heavy (non-hydrogen) atoms. The van der Waals surface area contributed by atoms with Crippen molar-refractivity contribution in [3.05, 3.63) is 94.0 Å². The number of ether oxygens (including phenoxy) is 3. The highest BCUT2D eigenvalue weighted by atomic mass is 16.6. The lowest BCUT2D eigenvalue weighted by Gasteiger charge is -2.10. The Morgan fingerprint density at radius 1 is 0.970 bits per heavy atom. The van der Waals surface area contributed by atoms with Crippen LogP contribution in [0.3, 0.4) is 0 Å². The van der Waals surface area contributed by atoms with E-state index in [-0.39, 0.29) is 11.3 Å². The highest BCUT2D eigenvalue weighted by molar-refractivity contribution is 5.91. The molecule has 0 fully saturated rings. The molecule has 0 spiro atoms.